The molecule has 0 fully saturated rings. The Morgan fingerprint density at radius 3 is 2.23 bits per heavy atom. The fourth-order valence-corrected chi connectivity index (χ4v) is 3.84. The first-order valence-electron chi connectivity index (χ1n) is 9.36. The predicted octanol–water partition coefficient (Wildman–Crippen LogP) is 4.48. The maximum atomic E-state index is 13.0. The predicted molar refractivity (Wildman–Crippen MR) is 113 cm³/mol. The van der Waals surface area contributed by atoms with Crippen LogP contribution in [-0.2, 0) is 34.2 Å². The van der Waals surface area contributed by atoms with E-state index in [0.717, 1.165) is 29.0 Å². The SMILES string of the molecule is CNC(=O)Cc1cc(-c2ccc(CS(=O)O)cc2)n(-c2ccc(C(F)(F)F)cc2)c1C. The molecule has 1 atom stereocenters. The fraction of sp³-hybridized carbons (Fsp3) is 0.227. The Labute approximate surface area is 180 Å². The number of nitrogens with zero attached hydrogens (tertiary/aromatic N) is 1. The minimum atomic E-state index is -4.43. The maximum Gasteiger partial charge on any atom is 0.416 e. The van der Waals surface area contributed by atoms with Crippen molar-refractivity contribution in [1.29, 1.82) is 0 Å². The molecule has 1 unspecified atom stereocenters. The van der Waals surface area contributed by atoms with E-state index in [2.05, 4.69) is 5.32 Å². The molecule has 0 aliphatic carbocycles. The summed E-state index contributed by atoms with van der Waals surface area (Å²) in [4.78, 5) is 11.9. The zero-order valence-electron chi connectivity index (χ0n) is 16.9. The number of carbonyl (C=O) groups excluding carboxylic acids is 1. The Hall–Kier alpha value is -2.91. The molecule has 0 saturated heterocycles. The molecule has 0 aliphatic heterocycles. The van der Waals surface area contributed by atoms with Crippen LogP contribution in [0.1, 0.15) is 22.4 Å². The molecule has 9 heteroatoms. The van der Waals surface area contributed by atoms with Crippen LogP contribution in [0.4, 0.5) is 13.2 Å². The van der Waals surface area contributed by atoms with E-state index in [1.54, 1.807) is 28.8 Å². The monoisotopic (exact) mass is 450 g/mol. The lowest BCUT2D eigenvalue weighted by Gasteiger charge is -2.14. The van der Waals surface area contributed by atoms with E-state index in [0.29, 0.717) is 16.9 Å². The summed E-state index contributed by atoms with van der Waals surface area (Å²) in [5.74, 6) is -0.179. The second kappa shape index (κ2) is 9.07. The Bertz CT molecular complexity index is 1100. The van der Waals surface area contributed by atoms with E-state index in [1.807, 2.05) is 13.0 Å². The van der Waals surface area contributed by atoms with Crippen molar-refractivity contribution < 1.29 is 26.7 Å². The van der Waals surface area contributed by atoms with Crippen molar-refractivity contribution in [2.24, 2.45) is 0 Å². The molecule has 3 rings (SSSR count). The van der Waals surface area contributed by atoms with Gasteiger partial charge in [-0.1, -0.05) is 24.3 Å². The third-order valence-electron chi connectivity index (χ3n) is 4.97. The van der Waals surface area contributed by atoms with E-state index < -0.39 is 22.8 Å². The number of benzene rings is 2. The molecule has 31 heavy (non-hydrogen) atoms. The Balaban J connectivity index is 2.10. The molecule has 3 aromatic rings. The molecule has 5 nitrogen and oxygen atoms in total. The molecule has 2 aromatic carbocycles. The summed E-state index contributed by atoms with van der Waals surface area (Å²) < 4.78 is 60.8. The number of hydrogen-bond donors (Lipinski definition) is 2. The highest BCUT2D eigenvalue weighted by Crippen LogP contribution is 2.33. The standard InChI is InChI=1S/C22H21F3N2O3S/c1-14-17(12-21(28)26-2)11-20(16-5-3-15(4-6-16)13-31(29)30)27(14)19-9-7-18(8-10-19)22(23,24)25/h3-11H,12-13H2,1-2H3,(H,26,28)(H,29,30). The van der Waals surface area contributed by atoms with Crippen LogP contribution in [0.25, 0.3) is 16.9 Å². The van der Waals surface area contributed by atoms with Gasteiger partial charge in [-0.15, -0.1) is 0 Å². The van der Waals surface area contributed by atoms with Crippen LogP contribution >= 0.6 is 0 Å². The number of alkyl halides is 3. The van der Waals surface area contributed by atoms with Crippen molar-refractivity contribution in [3.63, 3.8) is 0 Å². The number of rotatable bonds is 6. The van der Waals surface area contributed by atoms with Gasteiger partial charge in [-0.05, 0) is 53.9 Å². The van der Waals surface area contributed by atoms with Crippen molar-refractivity contribution in [2.45, 2.75) is 25.3 Å². The molecule has 2 N–H and O–H groups in total. The van der Waals surface area contributed by atoms with Crippen molar-refractivity contribution in [3.05, 3.63) is 77.0 Å². The molecule has 0 bridgehead atoms. The van der Waals surface area contributed by atoms with Gasteiger partial charge >= 0.3 is 6.18 Å². The second-order valence-corrected chi connectivity index (χ2v) is 7.96. The highest BCUT2D eigenvalue weighted by Gasteiger charge is 2.30. The molecule has 0 spiro atoms. The van der Waals surface area contributed by atoms with Crippen LogP contribution < -0.4 is 5.32 Å². The number of amides is 1. The topological polar surface area (TPSA) is 71.3 Å². The molecule has 0 radical (unpaired) electrons. The number of hydrogen-bond acceptors (Lipinski definition) is 2. The highest BCUT2D eigenvalue weighted by atomic mass is 32.2. The van der Waals surface area contributed by atoms with Gasteiger partial charge in [-0.2, -0.15) is 13.2 Å². The second-order valence-electron chi connectivity index (χ2n) is 7.03. The van der Waals surface area contributed by atoms with Gasteiger partial charge in [0.15, 0.2) is 11.1 Å². The Morgan fingerprint density at radius 2 is 1.71 bits per heavy atom. The maximum absolute atomic E-state index is 13.0. The molecule has 1 aromatic heterocycles. The van der Waals surface area contributed by atoms with Crippen LogP contribution in [0.2, 0.25) is 0 Å². The van der Waals surface area contributed by atoms with E-state index in [1.165, 1.54) is 19.2 Å². The van der Waals surface area contributed by atoms with Gasteiger partial charge in [0.1, 0.15) is 0 Å². The smallest absolute Gasteiger partial charge is 0.359 e. The molecule has 1 heterocycles. The minimum Gasteiger partial charge on any atom is -0.359 e. The van der Waals surface area contributed by atoms with Crippen molar-refractivity contribution in [3.8, 4) is 16.9 Å². The number of likely N-dealkylation sites (N-methyl/N-ethyl adjacent to an activating group) is 1. The Kier molecular flexibility index (Phi) is 6.66. The van der Waals surface area contributed by atoms with Gasteiger partial charge < -0.3 is 14.4 Å². The third-order valence-corrected chi connectivity index (χ3v) is 5.55. The fourth-order valence-electron chi connectivity index (χ4n) is 3.36. The zero-order valence-corrected chi connectivity index (χ0v) is 17.7. The Morgan fingerprint density at radius 1 is 1.10 bits per heavy atom. The van der Waals surface area contributed by atoms with Crippen molar-refractivity contribution in [2.75, 3.05) is 7.05 Å². The average molecular weight is 450 g/mol. The molecule has 0 aliphatic rings. The first-order valence-corrected chi connectivity index (χ1v) is 10.6. The minimum absolute atomic E-state index is 0.00114. The summed E-state index contributed by atoms with van der Waals surface area (Å²) in [7, 11) is 1.54. The van der Waals surface area contributed by atoms with Gasteiger partial charge in [-0.3, -0.25) is 4.79 Å². The van der Waals surface area contributed by atoms with Crippen LogP contribution in [-0.4, -0.2) is 26.3 Å². The summed E-state index contributed by atoms with van der Waals surface area (Å²) in [6.07, 6.45) is -4.30. The summed E-state index contributed by atoms with van der Waals surface area (Å²) in [6, 6.07) is 13.7. The van der Waals surface area contributed by atoms with Gasteiger partial charge in [-0.25, -0.2) is 4.21 Å². The van der Waals surface area contributed by atoms with Crippen LogP contribution in [0.5, 0.6) is 0 Å². The van der Waals surface area contributed by atoms with E-state index in [9.17, 15) is 22.2 Å². The van der Waals surface area contributed by atoms with Crippen molar-refractivity contribution >= 4 is 17.0 Å². The number of nitrogens with one attached hydrogen (secondary N) is 1. The third kappa shape index (κ3) is 5.23. The summed E-state index contributed by atoms with van der Waals surface area (Å²) in [5, 5.41) is 2.57. The molecular weight excluding hydrogens is 429 g/mol. The number of halogens is 3. The van der Waals surface area contributed by atoms with Crippen LogP contribution in [0.3, 0.4) is 0 Å². The summed E-state index contributed by atoms with van der Waals surface area (Å²) in [6.45, 7) is 1.81. The van der Waals surface area contributed by atoms with Gasteiger partial charge in [0, 0.05) is 18.4 Å². The lowest BCUT2D eigenvalue weighted by Crippen LogP contribution is -2.20. The van der Waals surface area contributed by atoms with Gasteiger partial charge in [0.2, 0.25) is 5.91 Å². The normalized spacial score (nSPS) is 12.6. The van der Waals surface area contributed by atoms with Crippen molar-refractivity contribution in [1.82, 2.24) is 9.88 Å². The molecule has 0 saturated carbocycles. The van der Waals surface area contributed by atoms with Gasteiger partial charge in [0.25, 0.3) is 0 Å². The number of aromatic nitrogens is 1. The van der Waals surface area contributed by atoms with E-state index in [4.69, 9.17) is 4.55 Å². The molecule has 1 amide bonds. The first-order chi connectivity index (χ1) is 14.6. The lowest BCUT2D eigenvalue weighted by atomic mass is 10.1. The molecular formula is C22H21F3N2O3S. The van der Waals surface area contributed by atoms with E-state index in [-0.39, 0.29) is 18.1 Å². The van der Waals surface area contributed by atoms with Crippen LogP contribution in [0, 0.1) is 6.92 Å². The molecule has 164 valence electrons. The first kappa shape index (κ1) is 22.8. The average Bonchev–Trinajstić information content (AvgIpc) is 3.03. The highest BCUT2D eigenvalue weighted by molar-refractivity contribution is 7.78. The summed E-state index contributed by atoms with van der Waals surface area (Å²) >= 11 is -1.96. The number of carbonyl (C=O) groups is 1. The van der Waals surface area contributed by atoms with Gasteiger partial charge in [0.05, 0.1) is 23.4 Å². The largest absolute Gasteiger partial charge is 0.416 e. The van der Waals surface area contributed by atoms with Crippen LogP contribution in [0.15, 0.2) is 54.6 Å². The quantitative estimate of drug-likeness (QED) is 0.544. The summed E-state index contributed by atoms with van der Waals surface area (Å²) in [5.41, 5.74) is 3.42. The van der Waals surface area contributed by atoms with E-state index >= 15 is 0 Å². The zero-order chi connectivity index (χ0) is 22.8. The lowest BCUT2D eigenvalue weighted by molar-refractivity contribution is -0.137.